The van der Waals surface area contributed by atoms with Crippen LogP contribution in [0.2, 0.25) is 0 Å². The molecule has 5 rings (SSSR count). The highest BCUT2D eigenvalue weighted by molar-refractivity contribution is 5.81. The first-order valence-electron chi connectivity index (χ1n) is 14.3. The summed E-state index contributed by atoms with van der Waals surface area (Å²) in [6.45, 7) is 2.55. The van der Waals surface area contributed by atoms with E-state index in [0.29, 0.717) is 24.6 Å². The Morgan fingerprint density at radius 3 is 2.24 bits per heavy atom. The van der Waals surface area contributed by atoms with E-state index in [1.807, 2.05) is 78.9 Å². The molecular formula is C32H35N7O2. The topological polar surface area (TPSA) is 111 Å². The number of aryl methyl sites for hydroxylation is 1. The molecule has 0 aliphatic carbocycles. The lowest BCUT2D eigenvalue weighted by molar-refractivity contribution is 0.0892. The lowest BCUT2D eigenvalue weighted by atomic mass is 9.98. The molecule has 41 heavy (non-hydrogen) atoms. The highest BCUT2D eigenvalue weighted by Crippen LogP contribution is 2.29. The fraction of sp³-hybridized carbons (Fsp3) is 0.312. The van der Waals surface area contributed by atoms with E-state index in [1.54, 1.807) is 4.57 Å². The van der Waals surface area contributed by atoms with Gasteiger partial charge in [-0.05, 0) is 39.1 Å². The zero-order valence-corrected chi connectivity index (χ0v) is 23.4. The van der Waals surface area contributed by atoms with Gasteiger partial charge in [0.2, 0.25) is 0 Å². The van der Waals surface area contributed by atoms with Crippen LogP contribution in [0.25, 0.3) is 22.5 Å². The number of hydrogen-bond acceptors (Lipinski definition) is 6. The number of H-pyrrole nitrogens is 1. The van der Waals surface area contributed by atoms with Gasteiger partial charge in [0.25, 0.3) is 5.91 Å². The Labute approximate surface area is 239 Å². The molecule has 0 aliphatic heterocycles. The first kappa shape index (κ1) is 27.9. The maximum Gasteiger partial charge on any atom is 0.353 e. The normalized spacial score (nSPS) is 11.1. The molecule has 210 valence electrons. The van der Waals surface area contributed by atoms with E-state index in [4.69, 9.17) is 0 Å². The Hall–Kier alpha value is -4.66. The van der Waals surface area contributed by atoms with E-state index in [1.165, 1.54) is 25.7 Å². The zero-order chi connectivity index (χ0) is 28.4. The number of rotatable bonds is 13. The van der Waals surface area contributed by atoms with Crippen molar-refractivity contribution in [3.05, 3.63) is 106 Å². The number of aromatic amines is 1. The summed E-state index contributed by atoms with van der Waals surface area (Å²) in [5, 5.41) is 18.8. The fourth-order valence-electron chi connectivity index (χ4n) is 5.04. The van der Waals surface area contributed by atoms with Gasteiger partial charge in [-0.3, -0.25) is 9.36 Å². The van der Waals surface area contributed by atoms with Gasteiger partial charge in [-0.15, -0.1) is 14.9 Å². The molecule has 5 aromatic rings. The number of aromatic nitrogens is 7. The Kier molecular flexibility index (Phi) is 9.26. The summed E-state index contributed by atoms with van der Waals surface area (Å²) >= 11 is 0. The summed E-state index contributed by atoms with van der Waals surface area (Å²) < 4.78 is 2.70. The number of carbonyl (C=O) groups excluding carboxylic acids is 1. The number of nitrogens with one attached hydrogen (secondary N) is 1. The number of unbranched alkanes of at least 4 members (excludes halogenated alkanes) is 5. The van der Waals surface area contributed by atoms with E-state index < -0.39 is 0 Å². The molecule has 9 heteroatoms. The van der Waals surface area contributed by atoms with Crippen molar-refractivity contribution >= 4 is 5.91 Å². The summed E-state index contributed by atoms with van der Waals surface area (Å²) in [5.41, 5.74) is 4.33. The molecule has 0 bridgehead atoms. The molecule has 3 aromatic carbocycles. The van der Waals surface area contributed by atoms with Crippen molar-refractivity contribution in [3.63, 3.8) is 0 Å². The number of tetrazole rings is 1. The van der Waals surface area contributed by atoms with Crippen molar-refractivity contribution in [2.24, 2.45) is 0 Å². The maximum atomic E-state index is 13.5. The molecule has 0 unspecified atom stereocenters. The summed E-state index contributed by atoms with van der Waals surface area (Å²) in [6.07, 6.45) is 7.62. The molecule has 9 nitrogen and oxygen atoms in total. The van der Waals surface area contributed by atoms with Crippen molar-refractivity contribution in [1.29, 1.82) is 0 Å². The van der Waals surface area contributed by atoms with Gasteiger partial charge in [0, 0.05) is 12.0 Å². The minimum atomic E-state index is -0.390. The van der Waals surface area contributed by atoms with Crippen LogP contribution in [0.4, 0.5) is 0 Å². The second-order valence-electron chi connectivity index (χ2n) is 10.3. The van der Waals surface area contributed by atoms with Crippen LogP contribution in [0.5, 0.6) is 0 Å². The molecule has 0 spiro atoms. The molecule has 0 aliphatic rings. The van der Waals surface area contributed by atoms with Gasteiger partial charge in [0.05, 0.1) is 13.0 Å². The molecule has 0 saturated heterocycles. The predicted molar refractivity (Wildman–Crippen MR) is 158 cm³/mol. The summed E-state index contributed by atoms with van der Waals surface area (Å²) in [7, 11) is 0. The number of benzene rings is 3. The van der Waals surface area contributed by atoms with Crippen LogP contribution >= 0.6 is 0 Å². The third-order valence-corrected chi connectivity index (χ3v) is 7.26. The Morgan fingerprint density at radius 2 is 1.51 bits per heavy atom. The molecule has 2 heterocycles. The number of nitrogens with zero attached hydrogens (tertiary/aromatic N) is 6. The lowest BCUT2D eigenvalue weighted by Gasteiger charge is -2.09. The first-order chi connectivity index (χ1) is 20.1. The standard InChI is InChI=1S/C32H35N7O2/c1-2-3-4-5-6-10-17-29-35-39(30(40)22-24-13-8-7-9-14-24)32(41)38(29)23-25-18-20-26(21-19-25)27-15-11-12-16-28(27)31-33-36-37-34-31/h7-9,11-16,18-21H,2-6,10,17,22-23H2,1H3,(H,33,34,36,37). The predicted octanol–water partition coefficient (Wildman–Crippen LogP) is 5.73. The van der Waals surface area contributed by atoms with Crippen LogP contribution in [0, 0.1) is 0 Å². The van der Waals surface area contributed by atoms with Gasteiger partial charge in [-0.25, -0.2) is 9.89 Å². The maximum absolute atomic E-state index is 13.5. The van der Waals surface area contributed by atoms with Crippen molar-refractivity contribution in [3.8, 4) is 22.5 Å². The second-order valence-corrected chi connectivity index (χ2v) is 10.3. The average Bonchev–Trinajstić information content (AvgIpc) is 3.65. The molecule has 0 amide bonds. The Morgan fingerprint density at radius 1 is 0.805 bits per heavy atom. The summed E-state index contributed by atoms with van der Waals surface area (Å²) in [6, 6.07) is 25.5. The van der Waals surface area contributed by atoms with E-state index in [0.717, 1.165) is 45.3 Å². The quantitative estimate of drug-likeness (QED) is 0.188. The van der Waals surface area contributed by atoms with Crippen molar-refractivity contribution < 1.29 is 4.79 Å². The molecule has 0 radical (unpaired) electrons. The van der Waals surface area contributed by atoms with Crippen LogP contribution < -0.4 is 5.69 Å². The van der Waals surface area contributed by atoms with E-state index in [9.17, 15) is 9.59 Å². The molecule has 2 aromatic heterocycles. The van der Waals surface area contributed by atoms with E-state index in [-0.39, 0.29) is 18.0 Å². The Bertz CT molecular complexity index is 1600. The Balaban J connectivity index is 1.37. The first-order valence-corrected chi connectivity index (χ1v) is 14.3. The van der Waals surface area contributed by atoms with Gasteiger partial charge in [0.1, 0.15) is 5.82 Å². The van der Waals surface area contributed by atoms with E-state index in [2.05, 4.69) is 32.6 Å². The van der Waals surface area contributed by atoms with E-state index >= 15 is 0 Å². The van der Waals surface area contributed by atoms with Crippen LogP contribution in [0.15, 0.2) is 83.7 Å². The second kappa shape index (κ2) is 13.6. The van der Waals surface area contributed by atoms with Crippen LogP contribution in [-0.2, 0) is 19.4 Å². The van der Waals surface area contributed by atoms with Gasteiger partial charge >= 0.3 is 5.69 Å². The molecular weight excluding hydrogens is 514 g/mol. The monoisotopic (exact) mass is 549 g/mol. The van der Waals surface area contributed by atoms with Crippen molar-refractivity contribution in [2.75, 3.05) is 0 Å². The minimum Gasteiger partial charge on any atom is -0.274 e. The SMILES string of the molecule is CCCCCCCCc1nn(C(=O)Cc2ccccc2)c(=O)n1Cc1ccc(-c2ccccc2-c2nnn[nH]2)cc1. The van der Waals surface area contributed by atoms with Crippen LogP contribution in [0.1, 0.15) is 67.2 Å². The third-order valence-electron chi connectivity index (χ3n) is 7.26. The van der Waals surface area contributed by atoms with Crippen molar-refractivity contribution in [2.45, 2.75) is 64.8 Å². The highest BCUT2D eigenvalue weighted by atomic mass is 16.2. The highest BCUT2D eigenvalue weighted by Gasteiger charge is 2.19. The molecule has 0 atom stereocenters. The van der Waals surface area contributed by atoms with Gasteiger partial charge in [-0.1, -0.05) is 118 Å². The average molecular weight is 550 g/mol. The van der Waals surface area contributed by atoms with Crippen molar-refractivity contribution in [1.82, 2.24) is 35.0 Å². The fourth-order valence-corrected chi connectivity index (χ4v) is 5.04. The van der Waals surface area contributed by atoms with Crippen LogP contribution in [0.3, 0.4) is 0 Å². The summed E-state index contributed by atoms with van der Waals surface area (Å²) in [5.74, 6) is 0.931. The molecule has 0 fully saturated rings. The van der Waals surface area contributed by atoms with Gasteiger partial charge in [0.15, 0.2) is 5.82 Å². The van der Waals surface area contributed by atoms with Gasteiger partial charge < -0.3 is 0 Å². The van der Waals surface area contributed by atoms with Gasteiger partial charge in [-0.2, -0.15) is 0 Å². The number of carbonyl (C=O) groups is 1. The molecule has 1 N–H and O–H groups in total. The zero-order valence-electron chi connectivity index (χ0n) is 23.4. The molecule has 0 saturated carbocycles. The largest absolute Gasteiger partial charge is 0.353 e. The lowest BCUT2D eigenvalue weighted by Crippen LogP contribution is -2.31. The number of hydrogen-bond donors (Lipinski definition) is 1. The minimum absolute atomic E-state index is 0.128. The van der Waals surface area contributed by atoms with Crippen LogP contribution in [-0.4, -0.2) is 40.9 Å². The third kappa shape index (κ3) is 6.92. The smallest absolute Gasteiger partial charge is 0.274 e. The summed E-state index contributed by atoms with van der Waals surface area (Å²) in [4.78, 5) is 26.6.